The summed E-state index contributed by atoms with van der Waals surface area (Å²) in [6, 6.07) is 5.56. The fourth-order valence-corrected chi connectivity index (χ4v) is 4.76. The van der Waals surface area contributed by atoms with E-state index in [-0.39, 0.29) is 5.56 Å². The van der Waals surface area contributed by atoms with E-state index < -0.39 is 5.97 Å². The highest BCUT2D eigenvalue weighted by atomic mass is 35.5. The van der Waals surface area contributed by atoms with Gasteiger partial charge in [0.2, 0.25) is 0 Å². The molecule has 0 spiro atoms. The van der Waals surface area contributed by atoms with Crippen LogP contribution in [0.1, 0.15) is 34.6 Å². The molecule has 1 aliphatic rings. The molecule has 8 nitrogen and oxygen atoms in total. The Morgan fingerprint density at radius 1 is 1.15 bits per heavy atom. The van der Waals surface area contributed by atoms with Crippen molar-refractivity contribution in [3.05, 3.63) is 45.2 Å². The van der Waals surface area contributed by atoms with Crippen LogP contribution in [0.25, 0.3) is 16.8 Å². The van der Waals surface area contributed by atoms with Crippen molar-refractivity contribution in [3.8, 4) is 11.1 Å². The smallest absolute Gasteiger partial charge is 0.337 e. The van der Waals surface area contributed by atoms with E-state index in [9.17, 15) is 4.79 Å². The number of rotatable bonds is 7. The molecule has 1 aliphatic heterocycles. The van der Waals surface area contributed by atoms with E-state index in [1.807, 2.05) is 19.9 Å². The molecule has 10 heteroatoms. The van der Waals surface area contributed by atoms with Crippen LogP contribution in [0.2, 0.25) is 10.0 Å². The van der Waals surface area contributed by atoms with Gasteiger partial charge in [0.1, 0.15) is 5.82 Å². The Labute approximate surface area is 202 Å². The number of ether oxygens (including phenoxy) is 2. The summed E-state index contributed by atoms with van der Waals surface area (Å²) < 4.78 is 12.0. The Morgan fingerprint density at radius 2 is 1.85 bits per heavy atom. The van der Waals surface area contributed by atoms with E-state index in [0.717, 1.165) is 61.9 Å². The number of hydrogen-bond donors (Lipinski definition) is 2. The summed E-state index contributed by atoms with van der Waals surface area (Å²) in [5.74, 6) is 0.329. The second-order valence-corrected chi connectivity index (χ2v) is 8.87. The third-order valence-electron chi connectivity index (χ3n) is 5.69. The molecular formula is C23H27Cl2N5O3. The largest absolute Gasteiger partial charge is 0.465 e. The van der Waals surface area contributed by atoms with Gasteiger partial charge in [-0.2, -0.15) is 9.61 Å². The van der Waals surface area contributed by atoms with E-state index in [2.05, 4.69) is 10.6 Å². The lowest BCUT2D eigenvalue weighted by Gasteiger charge is -2.23. The standard InChI is InChI=1S/C23H27Cl2N5O3/c1-13-10-19(27-7-6-26-16-4-8-33-9-5-16)30-22(28-13)20(14(2)29-30)21-17(24)11-15(12-18(21)25)23(31)32-3/h10-12,16,26-27H,4-9H2,1-3H3. The number of esters is 1. The van der Waals surface area contributed by atoms with Crippen LogP contribution in [0, 0.1) is 13.8 Å². The Bertz CT molecular complexity index is 1150. The average Bonchev–Trinajstić information content (AvgIpc) is 3.12. The van der Waals surface area contributed by atoms with Gasteiger partial charge in [-0.1, -0.05) is 23.2 Å². The summed E-state index contributed by atoms with van der Waals surface area (Å²) in [5.41, 5.74) is 3.81. The van der Waals surface area contributed by atoms with Gasteiger partial charge < -0.3 is 20.1 Å². The van der Waals surface area contributed by atoms with Crippen molar-refractivity contribution in [2.24, 2.45) is 0 Å². The van der Waals surface area contributed by atoms with Crippen molar-refractivity contribution in [3.63, 3.8) is 0 Å². The summed E-state index contributed by atoms with van der Waals surface area (Å²) in [7, 11) is 1.31. The van der Waals surface area contributed by atoms with Gasteiger partial charge in [0.25, 0.3) is 0 Å². The van der Waals surface area contributed by atoms with E-state index >= 15 is 0 Å². The Kier molecular flexibility index (Phi) is 7.38. The number of anilines is 1. The second kappa shape index (κ2) is 10.3. The summed E-state index contributed by atoms with van der Waals surface area (Å²) in [6.45, 7) is 7.01. The first-order chi connectivity index (χ1) is 15.9. The molecule has 33 heavy (non-hydrogen) atoms. The Hall–Kier alpha value is -2.39. The number of carbonyl (C=O) groups excluding carboxylic acids is 1. The molecule has 3 heterocycles. The molecule has 1 aromatic carbocycles. The number of aromatic nitrogens is 3. The van der Waals surface area contributed by atoms with Crippen molar-refractivity contribution in [2.45, 2.75) is 32.7 Å². The SMILES string of the molecule is COC(=O)c1cc(Cl)c(-c2c(C)nn3c(NCCNC4CCOCC4)cc(C)nc23)c(Cl)c1. The van der Waals surface area contributed by atoms with Crippen molar-refractivity contribution in [1.29, 1.82) is 0 Å². The number of benzene rings is 1. The molecule has 0 amide bonds. The maximum atomic E-state index is 11.9. The Morgan fingerprint density at radius 3 is 2.52 bits per heavy atom. The van der Waals surface area contributed by atoms with Gasteiger partial charge in [-0.15, -0.1) is 0 Å². The summed E-state index contributed by atoms with van der Waals surface area (Å²) in [4.78, 5) is 16.6. The average molecular weight is 492 g/mol. The van der Waals surface area contributed by atoms with Crippen LogP contribution < -0.4 is 10.6 Å². The van der Waals surface area contributed by atoms with E-state index in [1.54, 1.807) is 16.6 Å². The van der Waals surface area contributed by atoms with Crippen molar-refractivity contribution >= 4 is 40.6 Å². The molecule has 1 fully saturated rings. The zero-order valence-electron chi connectivity index (χ0n) is 18.9. The number of nitrogens with zero attached hydrogens (tertiary/aromatic N) is 3. The lowest BCUT2D eigenvalue weighted by molar-refractivity contribution is 0.0600. The lowest BCUT2D eigenvalue weighted by atomic mass is 10.0. The zero-order valence-corrected chi connectivity index (χ0v) is 20.4. The highest BCUT2D eigenvalue weighted by Crippen LogP contribution is 2.40. The quantitative estimate of drug-likeness (QED) is 0.376. The number of hydrogen-bond acceptors (Lipinski definition) is 7. The minimum absolute atomic E-state index is 0.286. The number of methoxy groups -OCH3 is 1. The highest BCUT2D eigenvalue weighted by Gasteiger charge is 2.22. The van der Waals surface area contributed by atoms with E-state index in [0.29, 0.717) is 27.3 Å². The summed E-state index contributed by atoms with van der Waals surface area (Å²) in [6.07, 6.45) is 2.08. The van der Waals surface area contributed by atoms with Crippen molar-refractivity contribution < 1.29 is 14.3 Å². The van der Waals surface area contributed by atoms with Crippen molar-refractivity contribution in [2.75, 3.05) is 38.7 Å². The predicted octanol–water partition coefficient (Wildman–Crippen LogP) is 4.29. The Balaban J connectivity index is 1.63. The second-order valence-electron chi connectivity index (χ2n) is 8.05. The molecule has 2 N–H and O–H groups in total. The molecule has 0 radical (unpaired) electrons. The van der Waals surface area contributed by atoms with Gasteiger partial charge >= 0.3 is 5.97 Å². The number of carbonyl (C=O) groups is 1. The van der Waals surface area contributed by atoms with E-state index in [4.69, 9.17) is 42.8 Å². The number of nitrogens with one attached hydrogen (secondary N) is 2. The van der Waals surface area contributed by atoms with Crippen LogP contribution in [-0.2, 0) is 9.47 Å². The molecule has 176 valence electrons. The molecule has 0 saturated carbocycles. The van der Waals surface area contributed by atoms with Gasteiger partial charge in [0.05, 0.1) is 34.0 Å². The third-order valence-corrected chi connectivity index (χ3v) is 6.29. The van der Waals surface area contributed by atoms with Crippen LogP contribution in [-0.4, -0.2) is 60.0 Å². The number of fused-ring (bicyclic) bond motifs is 1. The molecule has 0 unspecified atom stereocenters. The first kappa shape index (κ1) is 23.8. The monoisotopic (exact) mass is 491 g/mol. The van der Waals surface area contributed by atoms with Gasteiger partial charge in [0, 0.05) is 49.7 Å². The lowest BCUT2D eigenvalue weighted by Crippen LogP contribution is -2.37. The van der Waals surface area contributed by atoms with Crippen LogP contribution in [0.4, 0.5) is 5.82 Å². The van der Waals surface area contributed by atoms with Gasteiger partial charge in [0.15, 0.2) is 5.65 Å². The topological polar surface area (TPSA) is 89.8 Å². The zero-order chi connectivity index (χ0) is 23.5. The van der Waals surface area contributed by atoms with E-state index in [1.165, 1.54) is 7.11 Å². The number of aryl methyl sites for hydroxylation is 2. The van der Waals surface area contributed by atoms with Gasteiger partial charge in [-0.05, 0) is 38.8 Å². The highest BCUT2D eigenvalue weighted by molar-refractivity contribution is 6.40. The molecule has 1 saturated heterocycles. The maximum absolute atomic E-state index is 11.9. The number of halogens is 2. The molecule has 0 aliphatic carbocycles. The normalized spacial score (nSPS) is 14.6. The maximum Gasteiger partial charge on any atom is 0.337 e. The summed E-state index contributed by atoms with van der Waals surface area (Å²) >= 11 is 13.1. The molecule has 3 aromatic rings. The summed E-state index contributed by atoms with van der Waals surface area (Å²) in [5, 5.41) is 12.4. The minimum Gasteiger partial charge on any atom is -0.465 e. The molecular weight excluding hydrogens is 465 g/mol. The van der Waals surface area contributed by atoms with Crippen LogP contribution in [0.5, 0.6) is 0 Å². The minimum atomic E-state index is -0.503. The fraction of sp³-hybridized carbons (Fsp3) is 0.435. The van der Waals surface area contributed by atoms with Crippen molar-refractivity contribution in [1.82, 2.24) is 19.9 Å². The third kappa shape index (κ3) is 5.09. The first-order valence-corrected chi connectivity index (χ1v) is 11.6. The van der Waals surface area contributed by atoms with Gasteiger partial charge in [-0.3, -0.25) is 0 Å². The molecule has 0 bridgehead atoms. The van der Waals surface area contributed by atoms with Crippen LogP contribution in [0.15, 0.2) is 18.2 Å². The molecule has 4 rings (SSSR count). The van der Waals surface area contributed by atoms with Crippen LogP contribution >= 0.6 is 23.2 Å². The first-order valence-electron chi connectivity index (χ1n) is 10.9. The van der Waals surface area contributed by atoms with Gasteiger partial charge in [-0.25, -0.2) is 9.78 Å². The molecule has 2 aromatic heterocycles. The predicted molar refractivity (Wildman–Crippen MR) is 130 cm³/mol. The molecule has 0 atom stereocenters. The van der Waals surface area contributed by atoms with Crippen LogP contribution in [0.3, 0.4) is 0 Å². The fourth-order valence-electron chi connectivity index (χ4n) is 4.08.